The average Bonchev–Trinajstić information content (AvgIpc) is 3.10. The number of hydrogen-bond acceptors (Lipinski definition) is 5. The van der Waals surface area contributed by atoms with Gasteiger partial charge in [0.1, 0.15) is 5.76 Å². The zero-order valence-corrected chi connectivity index (χ0v) is 16.5. The van der Waals surface area contributed by atoms with Crippen LogP contribution in [0, 0.1) is 23.2 Å². The smallest absolute Gasteiger partial charge is 0.286 e. The number of nitriles is 1. The molecule has 150 valence electrons. The number of halogens is 1. The summed E-state index contributed by atoms with van der Waals surface area (Å²) in [6.07, 6.45) is 0.0733. The van der Waals surface area contributed by atoms with Crippen LogP contribution in [0.1, 0.15) is 44.6 Å². The van der Waals surface area contributed by atoms with Gasteiger partial charge in [0.2, 0.25) is 0 Å². The molecule has 4 atom stereocenters. The molecular formula is C21H20ClN3O4. The van der Waals surface area contributed by atoms with Gasteiger partial charge in [-0.05, 0) is 17.7 Å². The Bertz CT molecular complexity index is 986. The first kappa shape index (κ1) is 19.5. The van der Waals surface area contributed by atoms with Crippen LogP contribution in [0.3, 0.4) is 0 Å². The number of amides is 2. The highest BCUT2D eigenvalue weighted by molar-refractivity contribution is 6.30. The minimum Gasteiger partial charge on any atom is -0.454 e. The van der Waals surface area contributed by atoms with Gasteiger partial charge in [0.25, 0.3) is 11.8 Å². The van der Waals surface area contributed by atoms with Crippen molar-refractivity contribution in [2.75, 3.05) is 20.3 Å². The van der Waals surface area contributed by atoms with Crippen molar-refractivity contribution in [1.29, 1.82) is 5.26 Å². The molecule has 0 radical (unpaired) electrons. The highest BCUT2D eigenvalue weighted by atomic mass is 35.5. The van der Waals surface area contributed by atoms with Gasteiger partial charge in [-0.3, -0.25) is 9.59 Å². The number of rotatable bonds is 6. The van der Waals surface area contributed by atoms with Crippen molar-refractivity contribution in [2.45, 2.75) is 18.4 Å². The normalized spacial score (nSPS) is 23.0. The van der Waals surface area contributed by atoms with E-state index in [-0.39, 0.29) is 35.5 Å². The zero-order valence-electron chi connectivity index (χ0n) is 15.8. The summed E-state index contributed by atoms with van der Waals surface area (Å²) in [6.45, 7) is 1.30. The molecule has 1 aliphatic heterocycles. The maximum Gasteiger partial charge on any atom is 0.286 e. The minimum absolute atomic E-state index is 0.0249. The fraction of sp³-hybridized carbons (Fsp3) is 0.381. The summed E-state index contributed by atoms with van der Waals surface area (Å²) in [4.78, 5) is 25.2. The number of carbonyl (C=O) groups is 2. The lowest BCUT2D eigenvalue weighted by Crippen LogP contribution is -2.30. The van der Waals surface area contributed by atoms with E-state index in [2.05, 4.69) is 16.7 Å². The van der Waals surface area contributed by atoms with E-state index in [9.17, 15) is 14.9 Å². The lowest BCUT2D eigenvalue weighted by molar-refractivity contribution is 0.0919. The van der Waals surface area contributed by atoms with E-state index in [1.807, 2.05) is 6.07 Å². The van der Waals surface area contributed by atoms with E-state index >= 15 is 0 Å². The predicted octanol–water partition coefficient (Wildman–Crippen LogP) is 2.71. The van der Waals surface area contributed by atoms with Gasteiger partial charge >= 0.3 is 0 Å². The van der Waals surface area contributed by atoms with Gasteiger partial charge in [-0.25, -0.2) is 0 Å². The monoisotopic (exact) mass is 413 g/mol. The third-order valence-electron chi connectivity index (χ3n) is 5.57. The van der Waals surface area contributed by atoms with Gasteiger partial charge in [0.15, 0.2) is 5.76 Å². The largest absolute Gasteiger partial charge is 0.454 e. The predicted molar refractivity (Wildman–Crippen MR) is 105 cm³/mol. The summed E-state index contributed by atoms with van der Waals surface area (Å²) >= 11 is 6.12. The molecule has 1 saturated heterocycles. The molecule has 0 spiro atoms. The highest BCUT2D eigenvalue weighted by Crippen LogP contribution is 2.44. The van der Waals surface area contributed by atoms with Crippen LogP contribution in [-0.4, -0.2) is 38.1 Å². The van der Waals surface area contributed by atoms with Crippen molar-refractivity contribution >= 4 is 23.4 Å². The maximum atomic E-state index is 13.0. The Labute approximate surface area is 173 Å². The molecular weight excluding hydrogens is 394 g/mol. The number of ether oxygens (including phenoxy) is 1. The summed E-state index contributed by atoms with van der Waals surface area (Å²) in [5.41, 5.74) is 0.998. The van der Waals surface area contributed by atoms with Crippen LogP contribution in [0.4, 0.5) is 0 Å². The van der Waals surface area contributed by atoms with Gasteiger partial charge in [0, 0.05) is 42.4 Å². The topological polar surface area (TPSA) is 104 Å². The second kappa shape index (κ2) is 7.90. The van der Waals surface area contributed by atoms with E-state index < -0.39 is 11.8 Å². The van der Waals surface area contributed by atoms with Crippen LogP contribution in [0.15, 0.2) is 34.7 Å². The van der Waals surface area contributed by atoms with Gasteiger partial charge in [-0.2, -0.15) is 5.26 Å². The molecule has 1 saturated carbocycles. The molecule has 1 aliphatic carbocycles. The summed E-state index contributed by atoms with van der Waals surface area (Å²) in [5.74, 6) is -0.290. The molecule has 2 aromatic rings. The summed E-state index contributed by atoms with van der Waals surface area (Å²) in [7, 11) is 1.49. The summed E-state index contributed by atoms with van der Waals surface area (Å²) < 4.78 is 11.2. The average molecular weight is 414 g/mol. The second-order valence-electron chi connectivity index (χ2n) is 7.30. The number of benzene rings is 1. The van der Waals surface area contributed by atoms with Crippen molar-refractivity contribution < 1.29 is 18.7 Å². The Hall–Kier alpha value is -2.82. The van der Waals surface area contributed by atoms with E-state index in [0.29, 0.717) is 30.1 Å². The van der Waals surface area contributed by atoms with Crippen LogP contribution in [0.5, 0.6) is 0 Å². The lowest BCUT2D eigenvalue weighted by atomic mass is 9.91. The Morgan fingerprint density at radius 1 is 1.28 bits per heavy atom. The molecule has 7 nitrogen and oxygen atoms in total. The zero-order chi connectivity index (χ0) is 20.5. The van der Waals surface area contributed by atoms with Crippen LogP contribution < -0.4 is 10.6 Å². The molecule has 0 bridgehead atoms. The minimum atomic E-state index is -0.528. The number of carbonyl (C=O) groups excluding carboxylic acids is 2. The molecule has 1 aromatic heterocycles. The fourth-order valence-electron chi connectivity index (χ4n) is 3.94. The Morgan fingerprint density at radius 3 is 2.69 bits per heavy atom. The SMILES string of the molecule is CNC(=O)c1cc(C(=O)N[C@H]2[C@@H]3COC[C@@H]32)c([C@@H](CC#N)c2cccc(Cl)c2)o1. The molecule has 1 aromatic carbocycles. The number of hydrogen-bond donors (Lipinski definition) is 2. The molecule has 2 aliphatic rings. The molecule has 2 heterocycles. The molecule has 29 heavy (non-hydrogen) atoms. The fourth-order valence-corrected chi connectivity index (χ4v) is 4.13. The number of furan rings is 1. The van der Waals surface area contributed by atoms with Crippen LogP contribution in [0.25, 0.3) is 0 Å². The third-order valence-corrected chi connectivity index (χ3v) is 5.80. The first-order valence-electron chi connectivity index (χ1n) is 9.40. The molecule has 0 unspecified atom stereocenters. The van der Waals surface area contributed by atoms with Crippen LogP contribution in [-0.2, 0) is 4.74 Å². The molecule has 2 amide bonds. The van der Waals surface area contributed by atoms with Gasteiger partial charge in [0.05, 0.1) is 30.8 Å². The standard InChI is InChI=1S/C21H20ClN3O4/c1-24-21(27)17-8-14(20(26)25-18-15-9-28-10-16(15)18)19(29-17)13(5-6-23)11-3-2-4-12(22)7-11/h2-4,7-8,13,15-16,18H,5,9-10H2,1H3,(H,24,27)(H,25,26)/t13-,15-,16+,18+/m0/s1. The van der Waals surface area contributed by atoms with E-state index in [1.54, 1.807) is 18.2 Å². The molecule has 2 N–H and O–H groups in total. The maximum absolute atomic E-state index is 13.0. The van der Waals surface area contributed by atoms with Gasteiger partial charge < -0.3 is 19.8 Å². The summed E-state index contributed by atoms with van der Waals surface area (Å²) in [5, 5.41) is 15.4. The number of fused-ring (bicyclic) bond motifs is 1. The Kier molecular flexibility index (Phi) is 5.31. The second-order valence-corrected chi connectivity index (χ2v) is 7.74. The van der Waals surface area contributed by atoms with Crippen molar-refractivity contribution in [3.05, 3.63) is 58.0 Å². The van der Waals surface area contributed by atoms with Gasteiger partial charge in [-0.1, -0.05) is 23.7 Å². The molecule has 4 rings (SSSR count). The number of nitrogens with one attached hydrogen (secondary N) is 2. The van der Waals surface area contributed by atoms with Crippen LogP contribution >= 0.6 is 11.6 Å². The molecule has 2 fully saturated rings. The Morgan fingerprint density at radius 2 is 2.03 bits per heavy atom. The Balaban J connectivity index is 1.69. The van der Waals surface area contributed by atoms with Crippen molar-refractivity contribution in [3.63, 3.8) is 0 Å². The van der Waals surface area contributed by atoms with Crippen LogP contribution in [0.2, 0.25) is 5.02 Å². The van der Waals surface area contributed by atoms with Crippen molar-refractivity contribution in [3.8, 4) is 6.07 Å². The quantitative estimate of drug-likeness (QED) is 0.757. The highest BCUT2D eigenvalue weighted by Gasteiger charge is 2.55. The summed E-state index contributed by atoms with van der Waals surface area (Å²) in [6, 6.07) is 10.7. The van der Waals surface area contributed by atoms with E-state index in [4.69, 9.17) is 20.8 Å². The number of nitrogens with zero attached hydrogens (tertiary/aromatic N) is 1. The van der Waals surface area contributed by atoms with E-state index in [1.165, 1.54) is 13.1 Å². The third kappa shape index (κ3) is 3.74. The molecule has 8 heteroatoms. The van der Waals surface area contributed by atoms with E-state index in [0.717, 1.165) is 5.56 Å². The van der Waals surface area contributed by atoms with Crippen molar-refractivity contribution in [2.24, 2.45) is 11.8 Å². The van der Waals surface area contributed by atoms with Gasteiger partial charge in [-0.15, -0.1) is 0 Å². The first-order chi connectivity index (χ1) is 14.0. The lowest BCUT2D eigenvalue weighted by Gasteiger charge is -2.15. The van der Waals surface area contributed by atoms with Crippen molar-refractivity contribution in [1.82, 2.24) is 10.6 Å². The first-order valence-corrected chi connectivity index (χ1v) is 9.78.